The van der Waals surface area contributed by atoms with E-state index in [1.54, 1.807) is 36.4 Å². The Morgan fingerprint density at radius 2 is 1.88 bits per heavy atom. The summed E-state index contributed by atoms with van der Waals surface area (Å²) in [4.78, 5) is 30.0. The number of benzene rings is 1. The zero-order valence-corrected chi connectivity index (χ0v) is 14.9. The Balaban J connectivity index is 1.97. The molecule has 0 unspecified atom stereocenters. The maximum absolute atomic E-state index is 13.0. The van der Waals surface area contributed by atoms with E-state index < -0.39 is 0 Å². The first-order chi connectivity index (χ1) is 12.6. The van der Waals surface area contributed by atoms with Crippen LogP contribution in [-0.4, -0.2) is 34.9 Å². The van der Waals surface area contributed by atoms with E-state index in [1.165, 1.54) is 12.1 Å². The van der Waals surface area contributed by atoms with Gasteiger partial charge in [0.1, 0.15) is 5.82 Å². The molecule has 0 bridgehead atoms. The lowest BCUT2D eigenvalue weighted by Crippen LogP contribution is -2.33. The summed E-state index contributed by atoms with van der Waals surface area (Å²) in [6, 6.07) is 9.81. The number of ether oxygens (including phenoxy) is 1. The Labute approximate surface area is 152 Å². The lowest BCUT2D eigenvalue weighted by Gasteiger charge is -2.22. The molecule has 6 heteroatoms. The van der Waals surface area contributed by atoms with E-state index >= 15 is 0 Å². The van der Waals surface area contributed by atoms with Crippen molar-refractivity contribution in [3.8, 4) is 0 Å². The minimum atomic E-state index is -0.324. The molecular weight excluding hydrogens is 335 g/mol. The number of hydrogen-bond acceptors (Lipinski definition) is 4. The quantitative estimate of drug-likeness (QED) is 0.646. The summed E-state index contributed by atoms with van der Waals surface area (Å²) >= 11 is 0. The molecule has 1 amide bonds. The van der Waals surface area contributed by atoms with Crippen LogP contribution in [-0.2, 0) is 27.3 Å². The molecule has 0 radical (unpaired) electrons. The molecular formula is C20H23FN2O3. The molecule has 0 N–H and O–H groups in total. The third-order valence-corrected chi connectivity index (χ3v) is 3.88. The first-order valence-corrected chi connectivity index (χ1v) is 8.65. The number of nitrogens with zero attached hydrogens (tertiary/aromatic N) is 2. The van der Waals surface area contributed by atoms with Crippen LogP contribution in [0.15, 0.2) is 48.8 Å². The highest BCUT2D eigenvalue weighted by atomic mass is 19.1. The van der Waals surface area contributed by atoms with E-state index in [9.17, 15) is 14.0 Å². The summed E-state index contributed by atoms with van der Waals surface area (Å²) < 4.78 is 17.9. The summed E-state index contributed by atoms with van der Waals surface area (Å²) in [6.07, 6.45) is 4.32. The lowest BCUT2D eigenvalue weighted by atomic mass is 10.1. The van der Waals surface area contributed by atoms with Gasteiger partial charge in [0.25, 0.3) is 0 Å². The van der Waals surface area contributed by atoms with Crippen LogP contribution >= 0.6 is 0 Å². The standard InChI is InChI=1S/C20H23FN2O3/c1-2-26-20(25)11-13-23(15-17-4-3-12-22-14-17)19(24)10-7-16-5-8-18(21)9-6-16/h3-6,8-9,12,14H,2,7,10-11,13,15H2,1H3. The Hall–Kier alpha value is -2.76. The van der Waals surface area contributed by atoms with Gasteiger partial charge in [-0.1, -0.05) is 18.2 Å². The number of aromatic nitrogens is 1. The predicted molar refractivity (Wildman–Crippen MR) is 95.6 cm³/mol. The van der Waals surface area contributed by atoms with Gasteiger partial charge in [-0.15, -0.1) is 0 Å². The van der Waals surface area contributed by atoms with Crippen molar-refractivity contribution in [2.75, 3.05) is 13.2 Å². The van der Waals surface area contributed by atoms with Gasteiger partial charge >= 0.3 is 5.97 Å². The molecule has 0 aliphatic heterocycles. The summed E-state index contributed by atoms with van der Waals surface area (Å²) in [7, 11) is 0. The van der Waals surface area contributed by atoms with Crippen molar-refractivity contribution in [2.45, 2.75) is 32.7 Å². The fourth-order valence-electron chi connectivity index (χ4n) is 2.52. The topological polar surface area (TPSA) is 59.5 Å². The number of amides is 1. The molecule has 1 aromatic carbocycles. The van der Waals surface area contributed by atoms with Gasteiger partial charge in [0.15, 0.2) is 0 Å². The number of hydrogen-bond donors (Lipinski definition) is 0. The van der Waals surface area contributed by atoms with E-state index in [1.807, 2.05) is 12.1 Å². The van der Waals surface area contributed by atoms with Gasteiger partial charge in [0.2, 0.25) is 5.91 Å². The van der Waals surface area contributed by atoms with Crippen LogP contribution in [0, 0.1) is 5.82 Å². The molecule has 0 fully saturated rings. The number of esters is 1. The van der Waals surface area contributed by atoms with E-state index in [2.05, 4.69) is 4.98 Å². The zero-order chi connectivity index (χ0) is 18.8. The number of rotatable bonds is 9. The van der Waals surface area contributed by atoms with Gasteiger partial charge in [0.05, 0.1) is 13.0 Å². The number of pyridine rings is 1. The minimum absolute atomic E-state index is 0.0672. The molecule has 2 rings (SSSR count). The first kappa shape index (κ1) is 19.6. The Morgan fingerprint density at radius 3 is 2.54 bits per heavy atom. The number of aryl methyl sites for hydroxylation is 1. The maximum atomic E-state index is 13.0. The predicted octanol–water partition coefficient (Wildman–Crippen LogP) is 3.14. The molecule has 2 aromatic rings. The third kappa shape index (κ3) is 6.63. The highest BCUT2D eigenvalue weighted by Crippen LogP contribution is 2.10. The maximum Gasteiger partial charge on any atom is 0.307 e. The molecule has 0 spiro atoms. The minimum Gasteiger partial charge on any atom is -0.466 e. The molecule has 1 aromatic heterocycles. The SMILES string of the molecule is CCOC(=O)CCN(Cc1cccnc1)C(=O)CCc1ccc(F)cc1. The average Bonchev–Trinajstić information content (AvgIpc) is 2.65. The Kier molecular flexibility index (Phi) is 7.74. The van der Waals surface area contributed by atoms with Crippen molar-refractivity contribution in [3.05, 3.63) is 65.7 Å². The van der Waals surface area contributed by atoms with Crippen molar-refractivity contribution in [3.63, 3.8) is 0 Å². The van der Waals surface area contributed by atoms with Gasteiger partial charge in [-0.25, -0.2) is 4.39 Å². The zero-order valence-electron chi connectivity index (χ0n) is 14.9. The van der Waals surface area contributed by atoms with Crippen LogP contribution in [0.3, 0.4) is 0 Å². The normalized spacial score (nSPS) is 10.4. The molecule has 0 saturated carbocycles. The second-order valence-corrected chi connectivity index (χ2v) is 5.86. The van der Waals surface area contributed by atoms with Crippen LogP contribution in [0.25, 0.3) is 0 Å². The van der Waals surface area contributed by atoms with E-state index in [-0.39, 0.29) is 37.1 Å². The fraction of sp³-hybridized carbons (Fsp3) is 0.350. The van der Waals surface area contributed by atoms with Crippen LogP contribution in [0.1, 0.15) is 30.9 Å². The van der Waals surface area contributed by atoms with Gasteiger partial charge in [-0.05, 0) is 42.7 Å². The largest absolute Gasteiger partial charge is 0.466 e. The molecule has 26 heavy (non-hydrogen) atoms. The smallest absolute Gasteiger partial charge is 0.307 e. The van der Waals surface area contributed by atoms with Crippen LogP contribution < -0.4 is 0 Å². The van der Waals surface area contributed by atoms with Gasteiger partial charge in [-0.2, -0.15) is 0 Å². The summed E-state index contributed by atoms with van der Waals surface area (Å²) in [5.41, 5.74) is 1.79. The molecule has 138 valence electrons. The monoisotopic (exact) mass is 358 g/mol. The first-order valence-electron chi connectivity index (χ1n) is 8.65. The average molecular weight is 358 g/mol. The van der Waals surface area contributed by atoms with Crippen molar-refractivity contribution in [1.29, 1.82) is 0 Å². The lowest BCUT2D eigenvalue weighted by molar-refractivity contribution is -0.144. The molecule has 0 atom stereocenters. The van der Waals surface area contributed by atoms with Gasteiger partial charge in [-0.3, -0.25) is 14.6 Å². The van der Waals surface area contributed by atoms with E-state index in [4.69, 9.17) is 4.74 Å². The molecule has 1 heterocycles. The molecule has 0 aliphatic rings. The van der Waals surface area contributed by atoms with Crippen LogP contribution in [0.5, 0.6) is 0 Å². The van der Waals surface area contributed by atoms with Gasteiger partial charge in [0, 0.05) is 31.9 Å². The summed E-state index contributed by atoms with van der Waals surface area (Å²) in [5.74, 6) is -0.690. The van der Waals surface area contributed by atoms with Crippen molar-refractivity contribution in [1.82, 2.24) is 9.88 Å². The fourth-order valence-corrected chi connectivity index (χ4v) is 2.52. The molecule has 0 saturated heterocycles. The highest BCUT2D eigenvalue weighted by molar-refractivity contribution is 5.77. The van der Waals surface area contributed by atoms with E-state index in [0.29, 0.717) is 19.6 Å². The second kappa shape index (κ2) is 10.3. The van der Waals surface area contributed by atoms with E-state index in [0.717, 1.165) is 11.1 Å². The van der Waals surface area contributed by atoms with Crippen LogP contribution in [0.2, 0.25) is 0 Å². The second-order valence-electron chi connectivity index (χ2n) is 5.86. The molecule has 0 aliphatic carbocycles. The van der Waals surface area contributed by atoms with Crippen molar-refractivity contribution < 1.29 is 18.7 Å². The summed E-state index contributed by atoms with van der Waals surface area (Å²) in [6.45, 7) is 2.74. The Morgan fingerprint density at radius 1 is 1.12 bits per heavy atom. The Bertz CT molecular complexity index is 705. The summed E-state index contributed by atoms with van der Waals surface area (Å²) in [5, 5.41) is 0. The van der Waals surface area contributed by atoms with Crippen LogP contribution in [0.4, 0.5) is 4.39 Å². The number of halogens is 1. The van der Waals surface area contributed by atoms with Gasteiger partial charge < -0.3 is 9.64 Å². The number of carbonyl (C=O) groups is 2. The molecule has 5 nitrogen and oxygen atoms in total. The highest BCUT2D eigenvalue weighted by Gasteiger charge is 2.16. The third-order valence-electron chi connectivity index (χ3n) is 3.88. The number of carbonyl (C=O) groups excluding carboxylic acids is 2. The van der Waals surface area contributed by atoms with Crippen molar-refractivity contribution in [2.24, 2.45) is 0 Å². The van der Waals surface area contributed by atoms with Crippen molar-refractivity contribution >= 4 is 11.9 Å².